The number of H-pyrrole nitrogens is 1. The molecular formula is C17H17N3O2S. The lowest BCUT2D eigenvalue weighted by Gasteiger charge is -2.09. The van der Waals surface area contributed by atoms with Crippen LogP contribution in [0.5, 0.6) is 11.5 Å². The van der Waals surface area contributed by atoms with E-state index in [9.17, 15) is 0 Å². The number of hydrogen-bond acceptors (Lipinski definition) is 4. The molecule has 0 amide bonds. The predicted octanol–water partition coefficient (Wildman–Crippen LogP) is 3.58. The molecule has 3 rings (SSSR count). The number of aromatic nitrogens is 3. The number of benzene rings is 2. The van der Waals surface area contributed by atoms with Crippen LogP contribution in [0.2, 0.25) is 0 Å². The third-order valence-corrected chi connectivity index (χ3v) is 3.76. The Balaban J connectivity index is 1.74. The summed E-state index contributed by atoms with van der Waals surface area (Å²) in [5.74, 6) is 2.39. The van der Waals surface area contributed by atoms with E-state index in [4.69, 9.17) is 21.7 Å². The van der Waals surface area contributed by atoms with Gasteiger partial charge in [-0.25, -0.2) is 0 Å². The molecule has 5 nitrogen and oxygen atoms in total. The summed E-state index contributed by atoms with van der Waals surface area (Å²) in [6.07, 6.45) is 0. The molecule has 118 valence electrons. The van der Waals surface area contributed by atoms with Gasteiger partial charge >= 0.3 is 0 Å². The molecule has 2 aromatic carbocycles. The van der Waals surface area contributed by atoms with Gasteiger partial charge in [-0.3, -0.25) is 9.67 Å². The van der Waals surface area contributed by atoms with Gasteiger partial charge in [-0.05, 0) is 42.0 Å². The molecule has 0 unspecified atom stereocenters. The molecule has 0 bridgehead atoms. The summed E-state index contributed by atoms with van der Waals surface area (Å²) in [4.78, 5) is 0. The third kappa shape index (κ3) is 3.78. The Hall–Kier alpha value is -2.60. The molecule has 1 aromatic heterocycles. The lowest BCUT2D eigenvalue weighted by Crippen LogP contribution is -2.08. The van der Waals surface area contributed by atoms with Crippen molar-refractivity contribution >= 4 is 12.2 Å². The summed E-state index contributed by atoms with van der Waals surface area (Å²) in [5, 5.41) is 7.08. The molecule has 23 heavy (non-hydrogen) atoms. The first-order chi connectivity index (χ1) is 11.3. The Bertz CT molecular complexity index is 810. The third-order valence-electron chi connectivity index (χ3n) is 3.45. The van der Waals surface area contributed by atoms with Gasteiger partial charge in [0.25, 0.3) is 0 Å². The molecule has 0 radical (unpaired) electrons. The molecular weight excluding hydrogens is 310 g/mol. The monoisotopic (exact) mass is 327 g/mol. The second-order valence-corrected chi connectivity index (χ2v) is 5.37. The van der Waals surface area contributed by atoms with Crippen molar-refractivity contribution in [3.05, 3.63) is 70.8 Å². The van der Waals surface area contributed by atoms with Crippen molar-refractivity contribution in [2.45, 2.75) is 13.2 Å². The number of aromatic amines is 1. The maximum atomic E-state index is 5.75. The second-order valence-electron chi connectivity index (χ2n) is 4.98. The van der Waals surface area contributed by atoms with Gasteiger partial charge in [0.1, 0.15) is 18.1 Å². The molecule has 0 saturated carbocycles. The zero-order valence-corrected chi connectivity index (χ0v) is 13.5. The average molecular weight is 327 g/mol. The molecule has 0 aliphatic heterocycles. The minimum absolute atomic E-state index is 0.354. The maximum Gasteiger partial charge on any atom is 0.195 e. The van der Waals surface area contributed by atoms with Gasteiger partial charge in [0.15, 0.2) is 10.6 Å². The fourth-order valence-corrected chi connectivity index (χ4v) is 2.42. The Kier molecular flexibility index (Phi) is 4.73. The van der Waals surface area contributed by atoms with Crippen LogP contribution in [0.1, 0.15) is 11.4 Å². The van der Waals surface area contributed by atoms with Gasteiger partial charge in [-0.1, -0.05) is 30.3 Å². The highest BCUT2D eigenvalue weighted by molar-refractivity contribution is 7.71. The van der Waals surface area contributed by atoms with Gasteiger partial charge < -0.3 is 9.47 Å². The molecule has 1 heterocycles. The van der Waals surface area contributed by atoms with E-state index in [0.29, 0.717) is 17.9 Å². The minimum Gasteiger partial charge on any atom is -0.497 e. The number of para-hydroxylation sites is 1. The second kappa shape index (κ2) is 7.11. The van der Waals surface area contributed by atoms with Crippen molar-refractivity contribution in [1.82, 2.24) is 14.8 Å². The molecule has 3 aromatic rings. The van der Waals surface area contributed by atoms with Crippen LogP contribution >= 0.6 is 12.2 Å². The Morgan fingerprint density at radius 3 is 2.48 bits per heavy atom. The summed E-state index contributed by atoms with van der Waals surface area (Å²) < 4.78 is 13.4. The van der Waals surface area contributed by atoms with Gasteiger partial charge in [-0.15, -0.1) is 0 Å². The van der Waals surface area contributed by atoms with Crippen LogP contribution in [-0.4, -0.2) is 21.9 Å². The normalized spacial score (nSPS) is 10.5. The standard InChI is InChI=1S/C17H17N3O2S/c1-21-14-9-7-13(8-10-14)11-20-16(18-19-17(20)23)12-22-15-5-3-2-4-6-15/h2-10H,11-12H2,1H3,(H,19,23). The van der Waals surface area contributed by atoms with Crippen molar-refractivity contribution in [3.8, 4) is 11.5 Å². The van der Waals surface area contributed by atoms with E-state index in [1.165, 1.54) is 0 Å². The smallest absolute Gasteiger partial charge is 0.195 e. The van der Waals surface area contributed by atoms with E-state index in [1.807, 2.05) is 59.2 Å². The lowest BCUT2D eigenvalue weighted by molar-refractivity contribution is 0.290. The highest BCUT2D eigenvalue weighted by Crippen LogP contribution is 2.15. The van der Waals surface area contributed by atoms with Crippen LogP contribution in [0.15, 0.2) is 54.6 Å². The van der Waals surface area contributed by atoms with Crippen LogP contribution in [0.3, 0.4) is 0 Å². The lowest BCUT2D eigenvalue weighted by atomic mass is 10.2. The first-order valence-electron chi connectivity index (χ1n) is 7.21. The minimum atomic E-state index is 0.354. The van der Waals surface area contributed by atoms with Crippen molar-refractivity contribution < 1.29 is 9.47 Å². The number of hydrogen-bond donors (Lipinski definition) is 1. The molecule has 0 spiro atoms. The van der Waals surface area contributed by atoms with E-state index in [-0.39, 0.29) is 0 Å². The molecule has 0 aliphatic carbocycles. The summed E-state index contributed by atoms with van der Waals surface area (Å²) in [5.41, 5.74) is 1.12. The zero-order chi connectivity index (χ0) is 16.1. The van der Waals surface area contributed by atoms with Crippen LogP contribution < -0.4 is 9.47 Å². The van der Waals surface area contributed by atoms with Gasteiger partial charge in [0.05, 0.1) is 13.7 Å². The SMILES string of the molecule is COc1ccc(Cn2c(COc3ccccc3)n[nH]c2=S)cc1. The van der Waals surface area contributed by atoms with E-state index in [0.717, 1.165) is 22.9 Å². The van der Waals surface area contributed by atoms with E-state index >= 15 is 0 Å². The Labute approximate surface area is 139 Å². The van der Waals surface area contributed by atoms with Crippen LogP contribution in [0.25, 0.3) is 0 Å². The van der Waals surface area contributed by atoms with Crippen LogP contribution in [0, 0.1) is 4.77 Å². The summed E-state index contributed by atoms with van der Waals surface area (Å²) in [6, 6.07) is 17.5. The molecule has 6 heteroatoms. The molecule has 1 N–H and O–H groups in total. The average Bonchev–Trinajstić information content (AvgIpc) is 2.95. The molecule has 0 atom stereocenters. The summed E-state index contributed by atoms with van der Waals surface area (Å²) in [6.45, 7) is 0.986. The van der Waals surface area contributed by atoms with Crippen molar-refractivity contribution in [2.24, 2.45) is 0 Å². The van der Waals surface area contributed by atoms with E-state index in [1.54, 1.807) is 7.11 Å². The fourth-order valence-electron chi connectivity index (χ4n) is 2.20. The number of ether oxygens (including phenoxy) is 2. The van der Waals surface area contributed by atoms with Crippen LogP contribution in [0.4, 0.5) is 0 Å². The highest BCUT2D eigenvalue weighted by atomic mass is 32.1. The molecule has 0 aliphatic rings. The summed E-state index contributed by atoms with van der Waals surface area (Å²) in [7, 11) is 1.65. The molecule has 0 saturated heterocycles. The van der Waals surface area contributed by atoms with E-state index < -0.39 is 0 Å². The zero-order valence-electron chi connectivity index (χ0n) is 12.7. The maximum absolute atomic E-state index is 5.75. The van der Waals surface area contributed by atoms with Crippen molar-refractivity contribution in [3.63, 3.8) is 0 Å². The van der Waals surface area contributed by atoms with E-state index in [2.05, 4.69) is 10.2 Å². The topological polar surface area (TPSA) is 52.1 Å². The first kappa shape index (κ1) is 15.3. The molecule has 0 fully saturated rings. The number of methoxy groups -OCH3 is 1. The number of rotatable bonds is 6. The Morgan fingerprint density at radius 2 is 1.78 bits per heavy atom. The largest absolute Gasteiger partial charge is 0.497 e. The first-order valence-corrected chi connectivity index (χ1v) is 7.62. The predicted molar refractivity (Wildman–Crippen MR) is 90.3 cm³/mol. The van der Waals surface area contributed by atoms with Crippen LogP contribution in [-0.2, 0) is 13.2 Å². The fraction of sp³-hybridized carbons (Fsp3) is 0.176. The summed E-state index contributed by atoms with van der Waals surface area (Å²) >= 11 is 5.32. The van der Waals surface area contributed by atoms with Gasteiger partial charge in [0, 0.05) is 0 Å². The number of nitrogens with zero attached hydrogens (tertiary/aromatic N) is 2. The van der Waals surface area contributed by atoms with Gasteiger partial charge in [0.2, 0.25) is 0 Å². The van der Waals surface area contributed by atoms with Gasteiger partial charge in [-0.2, -0.15) is 5.10 Å². The van der Waals surface area contributed by atoms with Crippen molar-refractivity contribution in [1.29, 1.82) is 0 Å². The number of nitrogens with one attached hydrogen (secondary N) is 1. The quantitative estimate of drug-likeness (QED) is 0.703. The highest BCUT2D eigenvalue weighted by Gasteiger charge is 2.08. The van der Waals surface area contributed by atoms with Crippen molar-refractivity contribution in [2.75, 3.05) is 7.11 Å². The Morgan fingerprint density at radius 1 is 1.04 bits per heavy atom.